The third kappa shape index (κ3) is 60.2. The fraction of sp³-hybridized carbons (Fsp3) is 0.932. The molecule has 145 heavy (non-hydrogen) atoms. The highest BCUT2D eigenvalue weighted by molar-refractivity contribution is 5.70. The molecule has 0 spiro atoms. The van der Waals surface area contributed by atoms with Gasteiger partial charge >= 0.3 is 48.7 Å². The molecule has 0 radical (unpaired) electrons. The number of rotatable bonds is 39. The third-order valence-electron chi connectivity index (χ3n) is 32.0. The fourth-order valence-electron chi connectivity index (χ4n) is 22.6. The van der Waals surface area contributed by atoms with E-state index in [0.717, 1.165) is 122 Å². The number of methoxy groups -OCH3 is 2. The van der Waals surface area contributed by atoms with Gasteiger partial charge in [0.15, 0.2) is 0 Å². The highest BCUT2D eigenvalue weighted by atomic mass is 16.6. The fourth-order valence-corrected chi connectivity index (χ4v) is 22.6. The molecule has 8 aliphatic carbocycles. The molecule has 0 saturated heterocycles. The summed E-state index contributed by atoms with van der Waals surface area (Å²) >= 11 is 0. The van der Waals surface area contributed by atoms with Crippen LogP contribution in [0.5, 0.6) is 0 Å². The Morgan fingerprint density at radius 3 is 0.731 bits per heavy atom. The van der Waals surface area contributed by atoms with Gasteiger partial charge in [0.05, 0.1) is 6.61 Å². The maximum absolute atomic E-state index is 12.1. The van der Waals surface area contributed by atoms with Crippen LogP contribution >= 0.6 is 0 Å². The molecule has 8 aliphatic rings. The van der Waals surface area contributed by atoms with Gasteiger partial charge in [-0.3, -0.25) is 0 Å². The minimum atomic E-state index is -0.309. The molecule has 27 nitrogen and oxygen atoms in total. The minimum absolute atomic E-state index is 0.0660. The van der Waals surface area contributed by atoms with E-state index in [2.05, 4.69) is 224 Å². The molecule has 24 unspecified atom stereocenters. The van der Waals surface area contributed by atoms with E-state index in [1.54, 1.807) is 26.2 Å². The van der Waals surface area contributed by atoms with E-state index in [9.17, 15) is 38.4 Å². The van der Waals surface area contributed by atoms with Crippen LogP contribution in [-0.4, -0.2) is 201 Å². The first kappa shape index (κ1) is 137. The molecule has 27 heteroatoms. The lowest BCUT2D eigenvalue weighted by atomic mass is 9.75. The van der Waals surface area contributed by atoms with Crippen molar-refractivity contribution in [3.63, 3.8) is 0 Å². The quantitative estimate of drug-likeness (QED) is 0.0209. The molecule has 8 rings (SSSR count). The average molecular weight is 2060 g/mol. The van der Waals surface area contributed by atoms with E-state index in [1.807, 2.05) is 20.8 Å². The number of ether oxygens (including phenoxy) is 10. The summed E-state index contributed by atoms with van der Waals surface area (Å²) in [5, 5.41) is 28.0. The zero-order chi connectivity index (χ0) is 109. The molecule has 8 N–H and O–H groups in total. The zero-order valence-corrected chi connectivity index (χ0v) is 98.9. The van der Waals surface area contributed by atoms with Crippen LogP contribution in [-0.2, 0) is 47.4 Å². The summed E-state index contributed by atoms with van der Waals surface area (Å²) in [5.41, 5.74) is 0. The number of aliphatic hydroxyl groups excluding tert-OH is 1. The summed E-state index contributed by atoms with van der Waals surface area (Å²) in [4.78, 5) is 95.5. The molecule has 0 aromatic rings. The SMILES string of the molecule is CC(C)CNC(=O)OC1CC(C)CCC1C(C)C.CC1CCC(C(C)C)C(OC(=O)NCCCCCCO)C1.CCCCCCNC(=O)OC1CC(C)CCC1C(C)C.CCN(CC)C(=O)OC1CC(C)CCC1C(C)C.CCNC(=O)OC1CC(C)CCC1C(C)C.CNC(=O)OC1CC(C)CCC1C(C)C.COCCCNC(=O)OC1CC(C)CCC1C(C)C.COCCNC(=O)OC1CC(C)CCC1C(C)C. The Morgan fingerprint density at radius 2 is 0.503 bits per heavy atom. The number of unbranched alkanes of at least 4 members (excludes halogenated alkanes) is 6. The Balaban J connectivity index is 0.000000830. The molecular formula is C118H228N8O19. The number of nitrogens with one attached hydrogen (secondary N) is 7. The molecule has 0 bridgehead atoms. The molecular weight excluding hydrogens is 1830 g/mol. The molecule has 8 fully saturated rings. The number of carbonyl (C=O) groups excluding carboxylic acids is 8. The van der Waals surface area contributed by atoms with Crippen molar-refractivity contribution >= 4 is 48.7 Å². The van der Waals surface area contributed by atoms with Crippen molar-refractivity contribution in [1.82, 2.24) is 42.1 Å². The van der Waals surface area contributed by atoms with Gasteiger partial charge in [0.2, 0.25) is 0 Å². The van der Waals surface area contributed by atoms with Crippen LogP contribution in [0.3, 0.4) is 0 Å². The summed E-state index contributed by atoms with van der Waals surface area (Å²) in [6, 6.07) is 0. The predicted molar refractivity (Wildman–Crippen MR) is 591 cm³/mol. The van der Waals surface area contributed by atoms with Gasteiger partial charge in [-0.2, -0.15) is 0 Å². The second-order valence-electron chi connectivity index (χ2n) is 48.1. The van der Waals surface area contributed by atoms with Crippen molar-refractivity contribution in [3.8, 4) is 0 Å². The van der Waals surface area contributed by atoms with Crippen LogP contribution in [0.25, 0.3) is 0 Å². The van der Waals surface area contributed by atoms with Gasteiger partial charge in [-0.05, 0) is 297 Å². The first-order valence-corrected chi connectivity index (χ1v) is 58.7. The molecule has 0 aliphatic heterocycles. The molecule has 854 valence electrons. The van der Waals surface area contributed by atoms with E-state index < -0.39 is 0 Å². The Hall–Kier alpha value is -5.96. The average Bonchev–Trinajstić information content (AvgIpc) is 0.906. The van der Waals surface area contributed by atoms with Crippen molar-refractivity contribution in [2.24, 2.45) is 148 Å². The van der Waals surface area contributed by atoms with Crippen LogP contribution in [0.1, 0.15) is 420 Å². The smallest absolute Gasteiger partial charge is 0.410 e. The van der Waals surface area contributed by atoms with Gasteiger partial charge in [-0.15, -0.1) is 0 Å². The number of hydrogen-bond acceptors (Lipinski definition) is 19. The Morgan fingerprint density at radius 1 is 0.276 bits per heavy atom. The molecule has 0 heterocycles. The van der Waals surface area contributed by atoms with Crippen LogP contribution in [0.15, 0.2) is 0 Å². The number of alkyl carbamates (subject to hydrolysis) is 7. The third-order valence-corrected chi connectivity index (χ3v) is 32.0. The van der Waals surface area contributed by atoms with Crippen molar-refractivity contribution in [2.75, 3.05) is 93.4 Å². The maximum atomic E-state index is 12.1. The summed E-state index contributed by atoms with van der Waals surface area (Å²) in [7, 11) is 4.89. The molecule has 8 saturated carbocycles. The zero-order valence-electron chi connectivity index (χ0n) is 98.9. The van der Waals surface area contributed by atoms with E-state index in [0.29, 0.717) is 194 Å². The van der Waals surface area contributed by atoms with Crippen molar-refractivity contribution in [3.05, 3.63) is 0 Å². The first-order chi connectivity index (χ1) is 68.6. The van der Waals surface area contributed by atoms with E-state index in [1.165, 1.54) is 109 Å². The van der Waals surface area contributed by atoms with Gasteiger partial charge in [0.25, 0.3) is 0 Å². The highest BCUT2D eigenvalue weighted by Gasteiger charge is 2.42. The monoisotopic (exact) mass is 2060 g/mol. The highest BCUT2D eigenvalue weighted by Crippen LogP contribution is 2.43. The lowest BCUT2D eigenvalue weighted by molar-refractivity contribution is -0.00921. The Bertz CT molecular complexity index is 3330. The molecule has 24 atom stereocenters. The van der Waals surface area contributed by atoms with E-state index >= 15 is 0 Å². The Labute approximate surface area is 886 Å². The van der Waals surface area contributed by atoms with Crippen LogP contribution in [0, 0.1) is 148 Å². The lowest BCUT2D eigenvalue weighted by Gasteiger charge is -2.37. The van der Waals surface area contributed by atoms with E-state index in [-0.39, 0.29) is 104 Å². The van der Waals surface area contributed by atoms with Gasteiger partial charge in [0, 0.05) is 86.8 Å². The standard InChI is InChI=1S/C17H33NO3.C17H33NO2.C15H29NO3.2C15H29NO2.C14H27NO3.C13H25NO2.C12H23NO2/c1-13(2)15-9-8-14(3)12-16(15)21-17(20)18-10-6-4-5-7-11-19;1-5-6-7-8-11-18-17(19)20-16-12-14(4)9-10-15(16)13(2)3;1-11(2)13-7-6-12(3)10-14(13)19-15(17)16-8-5-9-18-4;1-10(2)9-16-15(17)18-14-8-12(5)6-7-13(14)11(3)4;1-6-16(7-2)15(17)18-14-10-12(5)8-9-13(14)11(3)4;1-10(2)12-6-5-11(3)9-13(12)18-14(16)15-7-8-17-4;1-5-14-13(15)16-12-8-10(4)6-7-11(12)9(2)3;1-8(2)10-6-5-9(3)7-11(10)15-12(14)13-4/h13-16,19H,4-12H2,1-3H3,(H,18,20);13-16H,5-12H2,1-4H3,(H,18,19);11-14H,5-10H2,1-4H3,(H,16,17);10-14H,6-9H2,1-5H3,(H,16,17);11-14H,6-10H2,1-5H3;10-13H,5-9H2,1-4H3,(H,15,16);9-12H,5-8H2,1-4H3,(H,14,15);8-11H,5-7H2,1-4H3,(H,13,14). The number of nitrogens with zero attached hydrogens (tertiary/aromatic N) is 1. The van der Waals surface area contributed by atoms with Gasteiger partial charge < -0.3 is 94.6 Å². The van der Waals surface area contributed by atoms with Gasteiger partial charge in [0.1, 0.15) is 48.8 Å². The van der Waals surface area contributed by atoms with Crippen LogP contribution in [0.2, 0.25) is 0 Å². The number of amides is 8. The number of aliphatic hydroxyl groups is 1. The maximum Gasteiger partial charge on any atom is 0.410 e. The topological polar surface area (TPSA) is 337 Å². The molecule has 0 aromatic carbocycles. The Kier molecular flexibility index (Phi) is 74.8. The summed E-state index contributed by atoms with van der Waals surface area (Å²) in [5.74, 6) is 14.5. The van der Waals surface area contributed by atoms with Crippen LogP contribution in [0.4, 0.5) is 38.4 Å². The lowest BCUT2D eigenvalue weighted by Crippen LogP contribution is -2.40. The summed E-state index contributed by atoms with van der Waals surface area (Å²) < 4.78 is 54.8. The second-order valence-corrected chi connectivity index (χ2v) is 48.1. The molecule has 8 amide bonds. The van der Waals surface area contributed by atoms with Crippen molar-refractivity contribution < 1.29 is 90.8 Å². The molecule has 0 aromatic heterocycles. The second kappa shape index (κ2) is 79.1. The normalized spacial score (nSPS) is 28.1. The summed E-state index contributed by atoms with van der Waals surface area (Å²) in [6.07, 6.45) is 35.6. The first-order valence-electron chi connectivity index (χ1n) is 58.7. The summed E-state index contributed by atoms with van der Waals surface area (Å²) in [6.45, 7) is 72.5. The number of carbonyl (C=O) groups is 8. The van der Waals surface area contributed by atoms with E-state index in [4.69, 9.17) is 52.5 Å². The van der Waals surface area contributed by atoms with Crippen molar-refractivity contribution in [2.45, 2.75) is 468 Å². The van der Waals surface area contributed by atoms with Crippen molar-refractivity contribution in [1.29, 1.82) is 0 Å². The van der Waals surface area contributed by atoms with Crippen LogP contribution < -0.4 is 37.2 Å². The number of hydrogen-bond donors (Lipinski definition) is 8. The largest absolute Gasteiger partial charge is 0.446 e. The minimum Gasteiger partial charge on any atom is -0.446 e. The van der Waals surface area contributed by atoms with Gasteiger partial charge in [-0.25, -0.2) is 38.4 Å². The predicted octanol–water partition coefficient (Wildman–Crippen LogP) is 28.3. The van der Waals surface area contributed by atoms with Gasteiger partial charge in [-0.1, -0.05) is 270 Å².